The minimum atomic E-state index is -0.671. The van der Waals surface area contributed by atoms with E-state index < -0.39 is 11.6 Å². The molecular formula is C11H7F2N3OS. The Morgan fingerprint density at radius 1 is 1.39 bits per heavy atom. The molecule has 0 aliphatic heterocycles. The molecule has 0 saturated heterocycles. The second-order valence-electron chi connectivity index (χ2n) is 3.79. The minimum absolute atomic E-state index is 0.185. The van der Waals surface area contributed by atoms with E-state index in [4.69, 9.17) is 16.7 Å². The number of halogens is 2. The number of fused-ring (bicyclic) bond motifs is 1. The lowest BCUT2D eigenvalue weighted by atomic mass is 10.3. The Morgan fingerprint density at radius 2 is 2.22 bits per heavy atom. The van der Waals surface area contributed by atoms with Crippen LogP contribution in [0.3, 0.4) is 0 Å². The molecule has 0 radical (unpaired) electrons. The van der Waals surface area contributed by atoms with Crippen molar-refractivity contribution in [2.45, 2.75) is 6.54 Å². The number of hydrogen-bond donors (Lipinski definition) is 1. The quantitative estimate of drug-likeness (QED) is 0.726. The highest BCUT2D eigenvalue weighted by Crippen LogP contribution is 2.20. The second-order valence-corrected chi connectivity index (χ2v) is 4.18. The van der Waals surface area contributed by atoms with Crippen molar-refractivity contribution in [3.63, 3.8) is 0 Å². The molecule has 0 amide bonds. The van der Waals surface area contributed by atoms with Crippen LogP contribution in [-0.4, -0.2) is 14.7 Å². The number of rotatable bonds is 2. The lowest BCUT2D eigenvalue weighted by Crippen LogP contribution is -2.00. The normalized spacial score (nSPS) is 11.2. The molecule has 3 aromatic rings. The standard InChI is InChI=1S/C11H7F2N3OS/c12-6-3-8(13)10-9(4-6)16(11(18)14-10)5-7-1-2-17-15-7/h1-4H,5H2,(H,14,18). The molecular weight excluding hydrogens is 260 g/mol. The topological polar surface area (TPSA) is 46.8 Å². The molecule has 2 aromatic heterocycles. The van der Waals surface area contributed by atoms with Crippen LogP contribution in [0, 0.1) is 16.4 Å². The van der Waals surface area contributed by atoms with Gasteiger partial charge >= 0.3 is 0 Å². The van der Waals surface area contributed by atoms with Gasteiger partial charge in [0.25, 0.3) is 0 Å². The predicted octanol–water partition coefficient (Wildman–Crippen LogP) is 3.01. The highest BCUT2D eigenvalue weighted by Gasteiger charge is 2.12. The lowest BCUT2D eigenvalue weighted by molar-refractivity contribution is 0.410. The van der Waals surface area contributed by atoms with Crippen molar-refractivity contribution >= 4 is 23.3 Å². The fourth-order valence-electron chi connectivity index (χ4n) is 1.82. The lowest BCUT2D eigenvalue weighted by Gasteiger charge is -2.01. The van der Waals surface area contributed by atoms with Crippen LogP contribution in [0.25, 0.3) is 11.0 Å². The molecule has 4 nitrogen and oxygen atoms in total. The Kier molecular flexibility index (Phi) is 2.48. The average Bonchev–Trinajstić information content (AvgIpc) is 2.91. The molecule has 18 heavy (non-hydrogen) atoms. The van der Waals surface area contributed by atoms with Crippen LogP contribution in [-0.2, 0) is 6.54 Å². The van der Waals surface area contributed by atoms with Gasteiger partial charge in [0.1, 0.15) is 23.3 Å². The fraction of sp³-hybridized carbons (Fsp3) is 0.0909. The van der Waals surface area contributed by atoms with Crippen LogP contribution < -0.4 is 0 Å². The number of nitrogens with zero attached hydrogens (tertiary/aromatic N) is 2. The van der Waals surface area contributed by atoms with Gasteiger partial charge in [-0.3, -0.25) is 0 Å². The van der Waals surface area contributed by atoms with E-state index in [1.807, 2.05) is 0 Å². The Labute approximate surface area is 105 Å². The Bertz CT molecular complexity index is 761. The molecule has 0 atom stereocenters. The summed E-state index contributed by atoms with van der Waals surface area (Å²) >= 11 is 5.09. The molecule has 2 heterocycles. The van der Waals surface area contributed by atoms with Crippen molar-refractivity contribution in [2.24, 2.45) is 0 Å². The zero-order valence-electron chi connectivity index (χ0n) is 8.98. The van der Waals surface area contributed by atoms with E-state index in [9.17, 15) is 8.78 Å². The third-order valence-electron chi connectivity index (χ3n) is 2.61. The predicted molar refractivity (Wildman–Crippen MR) is 62.6 cm³/mol. The largest absolute Gasteiger partial charge is 0.364 e. The van der Waals surface area contributed by atoms with Gasteiger partial charge in [-0.2, -0.15) is 0 Å². The molecule has 0 saturated carbocycles. The number of aromatic amines is 1. The van der Waals surface area contributed by atoms with Crippen molar-refractivity contribution in [3.05, 3.63) is 46.6 Å². The van der Waals surface area contributed by atoms with Crippen molar-refractivity contribution in [2.75, 3.05) is 0 Å². The molecule has 1 N–H and O–H groups in total. The van der Waals surface area contributed by atoms with Gasteiger partial charge in [-0.1, -0.05) is 5.16 Å². The first kappa shape index (κ1) is 11.1. The summed E-state index contributed by atoms with van der Waals surface area (Å²) in [5.74, 6) is -1.32. The average molecular weight is 267 g/mol. The smallest absolute Gasteiger partial charge is 0.178 e. The number of benzene rings is 1. The molecule has 0 fully saturated rings. The number of nitrogens with one attached hydrogen (secondary N) is 1. The molecule has 0 spiro atoms. The molecule has 7 heteroatoms. The first-order valence-corrected chi connectivity index (χ1v) is 5.53. The molecule has 0 aliphatic rings. The van der Waals surface area contributed by atoms with E-state index in [1.54, 1.807) is 10.6 Å². The fourth-order valence-corrected chi connectivity index (χ4v) is 2.08. The van der Waals surface area contributed by atoms with E-state index in [0.29, 0.717) is 16.0 Å². The van der Waals surface area contributed by atoms with E-state index in [0.717, 1.165) is 6.07 Å². The van der Waals surface area contributed by atoms with Gasteiger partial charge in [0.2, 0.25) is 0 Å². The van der Waals surface area contributed by atoms with E-state index in [1.165, 1.54) is 12.3 Å². The van der Waals surface area contributed by atoms with Crippen LogP contribution >= 0.6 is 12.2 Å². The number of aromatic nitrogens is 3. The van der Waals surface area contributed by atoms with Crippen molar-refractivity contribution in [1.82, 2.24) is 14.7 Å². The van der Waals surface area contributed by atoms with Crippen LogP contribution in [0.15, 0.2) is 29.0 Å². The zero-order valence-corrected chi connectivity index (χ0v) is 9.80. The molecule has 0 bridgehead atoms. The van der Waals surface area contributed by atoms with Crippen molar-refractivity contribution in [3.8, 4) is 0 Å². The molecule has 92 valence electrons. The summed E-state index contributed by atoms with van der Waals surface area (Å²) in [5.41, 5.74) is 1.17. The first-order valence-electron chi connectivity index (χ1n) is 5.12. The number of imidazole rings is 1. The van der Waals surface area contributed by atoms with Crippen LogP contribution in [0.2, 0.25) is 0 Å². The van der Waals surface area contributed by atoms with Gasteiger partial charge < -0.3 is 14.1 Å². The maximum Gasteiger partial charge on any atom is 0.178 e. The van der Waals surface area contributed by atoms with Crippen molar-refractivity contribution in [1.29, 1.82) is 0 Å². The molecule has 0 unspecified atom stereocenters. The maximum absolute atomic E-state index is 13.6. The summed E-state index contributed by atoms with van der Waals surface area (Å²) in [6.45, 7) is 0.290. The van der Waals surface area contributed by atoms with E-state index in [2.05, 4.69) is 10.1 Å². The first-order chi connectivity index (χ1) is 8.65. The molecule has 3 rings (SSSR count). The van der Waals surface area contributed by atoms with Gasteiger partial charge in [0.15, 0.2) is 10.6 Å². The highest BCUT2D eigenvalue weighted by atomic mass is 32.1. The van der Waals surface area contributed by atoms with Crippen LogP contribution in [0.1, 0.15) is 5.69 Å². The Balaban J connectivity index is 2.22. The van der Waals surface area contributed by atoms with Gasteiger partial charge in [0.05, 0.1) is 12.1 Å². The summed E-state index contributed by atoms with van der Waals surface area (Å²) in [6, 6.07) is 3.70. The van der Waals surface area contributed by atoms with Crippen molar-refractivity contribution < 1.29 is 13.3 Å². The van der Waals surface area contributed by atoms with Gasteiger partial charge in [0, 0.05) is 12.1 Å². The molecule has 1 aromatic carbocycles. The van der Waals surface area contributed by atoms with E-state index in [-0.39, 0.29) is 12.1 Å². The summed E-state index contributed by atoms with van der Waals surface area (Å²) in [5, 5.41) is 3.74. The third kappa shape index (κ3) is 1.72. The summed E-state index contributed by atoms with van der Waals surface area (Å²) in [7, 11) is 0. The monoisotopic (exact) mass is 267 g/mol. The minimum Gasteiger partial charge on any atom is -0.364 e. The summed E-state index contributed by atoms with van der Waals surface area (Å²) in [4.78, 5) is 2.71. The zero-order chi connectivity index (χ0) is 12.7. The van der Waals surface area contributed by atoms with Crippen LogP contribution in [0.4, 0.5) is 8.78 Å². The van der Waals surface area contributed by atoms with Gasteiger partial charge in [-0.15, -0.1) is 0 Å². The number of H-pyrrole nitrogens is 1. The van der Waals surface area contributed by atoms with Gasteiger partial charge in [-0.05, 0) is 18.3 Å². The Morgan fingerprint density at radius 3 is 2.94 bits per heavy atom. The van der Waals surface area contributed by atoms with Gasteiger partial charge in [-0.25, -0.2) is 8.78 Å². The third-order valence-corrected chi connectivity index (χ3v) is 2.94. The van der Waals surface area contributed by atoms with E-state index >= 15 is 0 Å². The second kappa shape index (κ2) is 4.02. The molecule has 0 aliphatic carbocycles. The highest BCUT2D eigenvalue weighted by molar-refractivity contribution is 7.71. The number of hydrogen-bond acceptors (Lipinski definition) is 3. The summed E-state index contributed by atoms with van der Waals surface area (Å²) < 4.78 is 33.4. The SMILES string of the molecule is Fc1cc(F)c2[nH]c(=S)n(Cc3ccon3)c2c1. The summed E-state index contributed by atoms with van der Waals surface area (Å²) in [6.07, 6.45) is 1.43. The Hall–Kier alpha value is -2.02. The van der Waals surface area contributed by atoms with Crippen LogP contribution in [0.5, 0.6) is 0 Å². The maximum atomic E-state index is 13.6.